The maximum Gasteiger partial charge on any atom is 0.416 e. The predicted molar refractivity (Wildman–Crippen MR) is 108 cm³/mol. The number of anilines is 2. The fourth-order valence-corrected chi connectivity index (χ4v) is 3.07. The second-order valence-electron chi connectivity index (χ2n) is 6.63. The minimum atomic E-state index is -4.47. The van der Waals surface area contributed by atoms with E-state index in [2.05, 4.69) is 25.6 Å². The van der Waals surface area contributed by atoms with Crippen molar-refractivity contribution in [2.24, 2.45) is 0 Å². The van der Waals surface area contributed by atoms with Crippen molar-refractivity contribution in [1.29, 1.82) is 0 Å². The van der Waals surface area contributed by atoms with Gasteiger partial charge >= 0.3 is 12.2 Å². The Morgan fingerprint density at radius 1 is 1.10 bits per heavy atom. The third-order valence-electron chi connectivity index (χ3n) is 4.30. The molecule has 0 radical (unpaired) electrons. The summed E-state index contributed by atoms with van der Waals surface area (Å²) >= 11 is 5.99. The lowest BCUT2D eigenvalue weighted by molar-refractivity contribution is -0.137. The first-order valence-corrected chi connectivity index (χ1v) is 9.70. The molecule has 3 aromatic rings. The lowest BCUT2D eigenvalue weighted by Crippen LogP contribution is -2.34. The number of aromatic nitrogens is 3. The van der Waals surface area contributed by atoms with E-state index < -0.39 is 17.8 Å². The molecule has 1 fully saturated rings. The van der Waals surface area contributed by atoms with Gasteiger partial charge in [-0.15, -0.1) is 0 Å². The van der Waals surface area contributed by atoms with Crippen LogP contribution in [0.15, 0.2) is 48.5 Å². The van der Waals surface area contributed by atoms with Gasteiger partial charge in [-0.3, -0.25) is 0 Å². The van der Waals surface area contributed by atoms with Gasteiger partial charge in [0.25, 0.3) is 0 Å². The number of halogens is 4. The number of nitrogens with one attached hydrogen (secondary N) is 2. The standard InChI is InChI=1S/C20H17ClF3N5O2/c21-13-4-2-6-15(10-13)31-19-28-17(16-11-25-7-8-30-16)27-18(29-19)26-14-5-1-3-12(9-14)20(22,23)24/h1-6,9-10,16,25H,7-8,11H2,(H,26,27,28,29). The highest BCUT2D eigenvalue weighted by molar-refractivity contribution is 6.30. The van der Waals surface area contributed by atoms with Crippen LogP contribution in [0.2, 0.25) is 5.02 Å². The summed E-state index contributed by atoms with van der Waals surface area (Å²) in [5.41, 5.74) is -0.620. The van der Waals surface area contributed by atoms with Crippen LogP contribution in [0.3, 0.4) is 0 Å². The average Bonchev–Trinajstić information content (AvgIpc) is 2.74. The third-order valence-corrected chi connectivity index (χ3v) is 4.53. The number of benzene rings is 2. The molecule has 0 bridgehead atoms. The third kappa shape index (κ3) is 5.60. The monoisotopic (exact) mass is 451 g/mol. The van der Waals surface area contributed by atoms with Gasteiger partial charge in [-0.25, -0.2) is 0 Å². The minimum absolute atomic E-state index is 0.0236. The summed E-state index contributed by atoms with van der Waals surface area (Å²) in [6.45, 7) is 1.64. The van der Waals surface area contributed by atoms with E-state index >= 15 is 0 Å². The minimum Gasteiger partial charge on any atom is -0.424 e. The molecule has 7 nitrogen and oxygen atoms in total. The van der Waals surface area contributed by atoms with Gasteiger partial charge in [0.05, 0.1) is 12.2 Å². The van der Waals surface area contributed by atoms with Crippen molar-refractivity contribution < 1.29 is 22.6 Å². The summed E-state index contributed by atoms with van der Waals surface area (Å²) < 4.78 is 50.5. The molecule has 0 saturated carbocycles. The summed E-state index contributed by atoms with van der Waals surface area (Å²) in [6, 6.07) is 11.3. The SMILES string of the molecule is FC(F)(F)c1cccc(Nc2nc(Oc3cccc(Cl)c3)nc(C3CNCCO3)n2)c1. The van der Waals surface area contributed by atoms with Gasteiger partial charge in [-0.05, 0) is 36.4 Å². The van der Waals surface area contributed by atoms with E-state index in [1.165, 1.54) is 12.1 Å². The summed E-state index contributed by atoms with van der Waals surface area (Å²) in [4.78, 5) is 12.8. The molecule has 2 aromatic carbocycles. The van der Waals surface area contributed by atoms with Gasteiger partial charge in [0.2, 0.25) is 5.95 Å². The summed E-state index contributed by atoms with van der Waals surface area (Å²) in [7, 11) is 0. The van der Waals surface area contributed by atoms with E-state index in [1.807, 2.05) is 0 Å². The van der Waals surface area contributed by atoms with Crippen molar-refractivity contribution in [2.75, 3.05) is 25.0 Å². The lowest BCUT2D eigenvalue weighted by Gasteiger charge is -2.22. The molecule has 2 heterocycles. The Balaban J connectivity index is 1.65. The van der Waals surface area contributed by atoms with Crippen LogP contribution in [0.25, 0.3) is 0 Å². The number of hydrogen-bond acceptors (Lipinski definition) is 7. The van der Waals surface area contributed by atoms with Crippen molar-refractivity contribution in [3.8, 4) is 11.8 Å². The van der Waals surface area contributed by atoms with Gasteiger partial charge in [-0.2, -0.15) is 28.1 Å². The fraction of sp³-hybridized carbons (Fsp3) is 0.250. The number of morpholine rings is 1. The zero-order chi connectivity index (χ0) is 21.8. The van der Waals surface area contributed by atoms with Crippen LogP contribution in [0.4, 0.5) is 24.8 Å². The Kier molecular flexibility index (Phi) is 6.21. The fourth-order valence-electron chi connectivity index (χ4n) is 2.89. The quantitative estimate of drug-likeness (QED) is 0.579. The molecule has 1 saturated heterocycles. The zero-order valence-electron chi connectivity index (χ0n) is 16.0. The highest BCUT2D eigenvalue weighted by Gasteiger charge is 2.30. The number of ether oxygens (including phenoxy) is 2. The summed E-state index contributed by atoms with van der Waals surface area (Å²) in [6.07, 6.45) is -4.93. The molecule has 1 unspecified atom stereocenters. The Bertz CT molecular complexity index is 1060. The lowest BCUT2D eigenvalue weighted by atomic mass is 10.2. The summed E-state index contributed by atoms with van der Waals surface area (Å²) in [5, 5.41) is 6.43. The first-order valence-electron chi connectivity index (χ1n) is 9.33. The molecule has 4 rings (SSSR count). The van der Waals surface area contributed by atoms with Crippen LogP contribution in [0.1, 0.15) is 17.5 Å². The van der Waals surface area contributed by atoms with E-state index in [0.717, 1.165) is 12.1 Å². The van der Waals surface area contributed by atoms with Crippen molar-refractivity contribution in [1.82, 2.24) is 20.3 Å². The molecule has 31 heavy (non-hydrogen) atoms. The van der Waals surface area contributed by atoms with E-state index in [0.29, 0.717) is 30.5 Å². The second kappa shape index (κ2) is 9.04. The van der Waals surface area contributed by atoms with E-state index in [4.69, 9.17) is 21.1 Å². The zero-order valence-corrected chi connectivity index (χ0v) is 16.7. The number of alkyl halides is 3. The van der Waals surface area contributed by atoms with Gasteiger partial charge in [0, 0.05) is 23.8 Å². The highest BCUT2D eigenvalue weighted by atomic mass is 35.5. The molecule has 0 spiro atoms. The van der Waals surface area contributed by atoms with Crippen molar-refractivity contribution in [2.45, 2.75) is 12.3 Å². The smallest absolute Gasteiger partial charge is 0.416 e. The molecule has 1 aliphatic rings. The molecule has 11 heteroatoms. The first kappa shape index (κ1) is 21.3. The second-order valence-corrected chi connectivity index (χ2v) is 7.06. The summed E-state index contributed by atoms with van der Waals surface area (Å²) in [5.74, 6) is 0.710. The maximum absolute atomic E-state index is 13.0. The molecule has 2 N–H and O–H groups in total. The largest absolute Gasteiger partial charge is 0.424 e. The van der Waals surface area contributed by atoms with E-state index in [1.54, 1.807) is 24.3 Å². The molecule has 0 aliphatic carbocycles. The average molecular weight is 452 g/mol. The Morgan fingerprint density at radius 2 is 1.94 bits per heavy atom. The molecule has 1 aromatic heterocycles. The molecule has 162 valence electrons. The van der Waals surface area contributed by atoms with Crippen molar-refractivity contribution >= 4 is 23.2 Å². The molecule has 1 aliphatic heterocycles. The van der Waals surface area contributed by atoms with Crippen LogP contribution < -0.4 is 15.4 Å². The number of nitrogens with zero attached hydrogens (tertiary/aromatic N) is 3. The van der Waals surface area contributed by atoms with Crippen LogP contribution in [0.5, 0.6) is 11.8 Å². The molecule has 1 atom stereocenters. The Morgan fingerprint density at radius 3 is 2.68 bits per heavy atom. The van der Waals surface area contributed by atoms with Crippen molar-refractivity contribution in [3.05, 3.63) is 64.9 Å². The topological polar surface area (TPSA) is 81.2 Å². The van der Waals surface area contributed by atoms with Crippen molar-refractivity contribution in [3.63, 3.8) is 0 Å². The van der Waals surface area contributed by atoms with Gasteiger partial charge in [0.15, 0.2) is 5.82 Å². The molecule has 0 amide bonds. The van der Waals surface area contributed by atoms with Crippen LogP contribution in [0, 0.1) is 0 Å². The predicted octanol–water partition coefficient (Wildman–Crippen LogP) is 4.74. The van der Waals surface area contributed by atoms with E-state index in [9.17, 15) is 13.2 Å². The first-order chi connectivity index (χ1) is 14.9. The molecular formula is C20H17ClF3N5O2. The molecular weight excluding hydrogens is 435 g/mol. The van der Waals surface area contributed by atoms with E-state index in [-0.39, 0.29) is 23.5 Å². The van der Waals surface area contributed by atoms with Crippen LogP contribution in [-0.2, 0) is 10.9 Å². The highest BCUT2D eigenvalue weighted by Crippen LogP contribution is 2.31. The van der Waals surface area contributed by atoms with Crippen LogP contribution in [-0.4, -0.2) is 34.6 Å². The van der Waals surface area contributed by atoms with Gasteiger partial charge in [-0.1, -0.05) is 23.7 Å². The Labute approximate surface area is 180 Å². The normalized spacial score (nSPS) is 16.7. The van der Waals surface area contributed by atoms with Gasteiger partial charge < -0.3 is 20.1 Å². The number of hydrogen-bond donors (Lipinski definition) is 2. The maximum atomic E-state index is 13.0. The number of rotatable bonds is 5. The van der Waals surface area contributed by atoms with Gasteiger partial charge in [0.1, 0.15) is 11.9 Å². The van der Waals surface area contributed by atoms with Crippen LogP contribution >= 0.6 is 11.6 Å². The Hall–Kier alpha value is -2.95.